The van der Waals surface area contributed by atoms with Gasteiger partial charge in [0.05, 0.1) is 4.75 Å². The van der Waals surface area contributed by atoms with Crippen molar-refractivity contribution in [2.45, 2.75) is 11.2 Å². The molecule has 2 heteroatoms. The molecule has 0 amide bonds. The lowest BCUT2D eigenvalue weighted by molar-refractivity contribution is 0.767. The first kappa shape index (κ1) is 5.93. The molecule has 2 rings (SSSR count). The lowest BCUT2D eigenvalue weighted by Gasteiger charge is -2.16. The number of fused-ring (bicyclic) bond motifs is 2. The van der Waals surface area contributed by atoms with Gasteiger partial charge >= 0.3 is 0 Å². The zero-order chi connectivity index (χ0) is 6.48. The first-order valence-electron chi connectivity index (χ1n) is 3.04. The lowest BCUT2D eigenvalue weighted by atomic mass is 10.1. The summed E-state index contributed by atoms with van der Waals surface area (Å²) in [5.41, 5.74) is 0. The summed E-state index contributed by atoms with van der Waals surface area (Å²) in [6.45, 7) is 0. The Morgan fingerprint density at radius 1 is 1.67 bits per heavy atom. The molecule has 0 N–H and O–H groups in total. The van der Waals surface area contributed by atoms with Crippen molar-refractivity contribution < 1.29 is 0 Å². The van der Waals surface area contributed by atoms with Gasteiger partial charge in [-0.3, -0.25) is 0 Å². The third kappa shape index (κ3) is 0.696. The van der Waals surface area contributed by atoms with Gasteiger partial charge in [0.15, 0.2) is 0 Å². The monoisotopic (exact) mass is 156 g/mol. The maximum Gasteiger partial charge on any atom is 0.0619 e. The van der Waals surface area contributed by atoms with Crippen LogP contribution in [0.15, 0.2) is 23.1 Å². The lowest BCUT2D eigenvalue weighted by Crippen LogP contribution is -2.11. The molecule has 0 aromatic rings. The Balaban J connectivity index is 2.45. The van der Waals surface area contributed by atoms with Gasteiger partial charge in [0.25, 0.3) is 0 Å². The molecule has 0 aromatic heterocycles. The van der Waals surface area contributed by atoms with Crippen molar-refractivity contribution in [1.82, 2.24) is 0 Å². The maximum absolute atomic E-state index is 4.49. The minimum absolute atomic E-state index is 0.00772. The van der Waals surface area contributed by atoms with E-state index >= 15 is 0 Å². The molecule has 0 spiro atoms. The minimum Gasteiger partial charge on any atom is -0.163 e. The van der Waals surface area contributed by atoms with E-state index in [0.717, 1.165) is 11.3 Å². The second kappa shape index (κ2) is 1.61. The Labute approximate surface area is 65.8 Å². The van der Waals surface area contributed by atoms with Crippen molar-refractivity contribution in [2.24, 2.45) is 5.92 Å². The number of thiol groups is 2. The zero-order valence-electron chi connectivity index (χ0n) is 4.91. The Morgan fingerprint density at radius 2 is 2.44 bits per heavy atom. The molecule has 0 nitrogen and oxygen atoms in total. The first-order valence-corrected chi connectivity index (χ1v) is 3.93. The van der Waals surface area contributed by atoms with Crippen LogP contribution in [-0.2, 0) is 0 Å². The van der Waals surface area contributed by atoms with Crippen LogP contribution < -0.4 is 0 Å². The summed E-state index contributed by atoms with van der Waals surface area (Å²) >= 11 is 8.80. The highest BCUT2D eigenvalue weighted by Gasteiger charge is 2.37. The van der Waals surface area contributed by atoms with Crippen molar-refractivity contribution in [3.8, 4) is 0 Å². The zero-order valence-corrected chi connectivity index (χ0v) is 6.70. The van der Waals surface area contributed by atoms with E-state index in [9.17, 15) is 0 Å². The largest absolute Gasteiger partial charge is 0.163 e. The highest BCUT2D eigenvalue weighted by atomic mass is 32.1. The molecule has 2 aliphatic carbocycles. The van der Waals surface area contributed by atoms with Crippen LogP contribution in [0.3, 0.4) is 0 Å². The SMILES string of the molecule is SC1=CC2C=CC1(S)C2. The van der Waals surface area contributed by atoms with Gasteiger partial charge in [-0.15, -0.1) is 12.6 Å². The Kier molecular flexibility index (Phi) is 1.06. The molecule has 0 fully saturated rings. The third-order valence-corrected chi connectivity index (χ3v) is 3.28. The average molecular weight is 156 g/mol. The fourth-order valence-corrected chi connectivity index (χ4v) is 2.16. The summed E-state index contributed by atoms with van der Waals surface area (Å²) in [5, 5.41) is 0. The molecule has 0 aliphatic heterocycles. The molecule has 2 unspecified atom stereocenters. The molecule has 0 heterocycles. The number of hydrogen-bond donors (Lipinski definition) is 2. The molecule has 0 saturated heterocycles. The highest BCUT2D eigenvalue weighted by molar-refractivity contribution is 7.88. The molecule has 2 bridgehead atoms. The van der Waals surface area contributed by atoms with Crippen LogP contribution in [0, 0.1) is 5.92 Å². The summed E-state index contributed by atoms with van der Waals surface area (Å²) in [7, 11) is 0. The summed E-state index contributed by atoms with van der Waals surface area (Å²) in [6.07, 6.45) is 7.64. The minimum atomic E-state index is 0.00772. The van der Waals surface area contributed by atoms with E-state index in [4.69, 9.17) is 0 Å². The van der Waals surface area contributed by atoms with Crippen LogP contribution in [0.25, 0.3) is 0 Å². The predicted octanol–water partition coefficient (Wildman–Crippen LogP) is 2.06. The van der Waals surface area contributed by atoms with Crippen molar-refractivity contribution in [1.29, 1.82) is 0 Å². The van der Waals surface area contributed by atoms with E-state index < -0.39 is 0 Å². The molecule has 0 radical (unpaired) electrons. The highest BCUT2D eigenvalue weighted by Crippen LogP contribution is 2.47. The van der Waals surface area contributed by atoms with Crippen LogP contribution in [0.4, 0.5) is 0 Å². The topological polar surface area (TPSA) is 0 Å². The second-order valence-corrected chi connectivity index (χ2v) is 3.98. The predicted molar refractivity (Wildman–Crippen MR) is 46.0 cm³/mol. The van der Waals surface area contributed by atoms with Gasteiger partial charge in [-0.05, 0) is 17.2 Å². The Hall–Kier alpha value is 0.180. The molecule has 9 heavy (non-hydrogen) atoms. The van der Waals surface area contributed by atoms with Gasteiger partial charge in [0, 0.05) is 0 Å². The average Bonchev–Trinajstić information content (AvgIpc) is 2.22. The van der Waals surface area contributed by atoms with E-state index in [1.807, 2.05) is 0 Å². The quantitative estimate of drug-likeness (QED) is 0.389. The summed E-state index contributed by atoms with van der Waals surface area (Å²) in [4.78, 5) is 1.12. The van der Waals surface area contributed by atoms with Crippen LogP contribution in [-0.4, -0.2) is 4.75 Å². The van der Waals surface area contributed by atoms with Crippen molar-refractivity contribution >= 4 is 25.3 Å². The summed E-state index contributed by atoms with van der Waals surface area (Å²) < 4.78 is 0.00772. The molecule has 0 aromatic carbocycles. The third-order valence-electron chi connectivity index (χ3n) is 1.98. The van der Waals surface area contributed by atoms with Crippen LogP contribution in [0.2, 0.25) is 0 Å². The second-order valence-electron chi connectivity index (χ2n) is 2.70. The fraction of sp³-hybridized carbons (Fsp3) is 0.429. The number of allylic oxidation sites excluding steroid dienone is 2. The number of hydrogen-bond acceptors (Lipinski definition) is 2. The van der Waals surface area contributed by atoms with Crippen molar-refractivity contribution in [3.05, 3.63) is 23.1 Å². The first-order chi connectivity index (χ1) is 4.21. The van der Waals surface area contributed by atoms with Gasteiger partial charge in [0.2, 0.25) is 0 Å². The van der Waals surface area contributed by atoms with Gasteiger partial charge in [-0.2, -0.15) is 12.6 Å². The van der Waals surface area contributed by atoms with E-state index in [-0.39, 0.29) is 4.75 Å². The van der Waals surface area contributed by atoms with Gasteiger partial charge in [-0.25, -0.2) is 0 Å². The number of rotatable bonds is 0. The van der Waals surface area contributed by atoms with Crippen LogP contribution in [0.5, 0.6) is 0 Å². The molecule has 0 saturated carbocycles. The van der Waals surface area contributed by atoms with Crippen LogP contribution >= 0.6 is 25.3 Å². The molecule has 2 atom stereocenters. The van der Waals surface area contributed by atoms with Gasteiger partial charge < -0.3 is 0 Å². The molecule has 48 valence electrons. The normalized spacial score (nSPS) is 46.0. The van der Waals surface area contributed by atoms with E-state index in [1.54, 1.807) is 0 Å². The van der Waals surface area contributed by atoms with Crippen LogP contribution in [0.1, 0.15) is 6.42 Å². The Morgan fingerprint density at radius 3 is 2.67 bits per heavy atom. The van der Waals surface area contributed by atoms with Gasteiger partial charge in [-0.1, -0.05) is 18.2 Å². The molecule has 2 aliphatic rings. The maximum atomic E-state index is 4.49. The molecular formula is C7H8S2. The summed E-state index contributed by atoms with van der Waals surface area (Å²) in [6, 6.07) is 0. The van der Waals surface area contributed by atoms with Gasteiger partial charge in [0.1, 0.15) is 0 Å². The smallest absolute Gasteiger partial charge is 0.0619 e. The van der Waals surface area contributed by atoms with E-state index in [1.165, 1.54) is 0 Å². The van der Waals surface area contributed by atoms with E-state index in [0.29, 0.717) is 5.92 Å². The summed E-state index contributed by atoms with van der Waals surface area (Å²) in [5.74, 6) is 0.620. The Bertz CT molecular complexity index is 205. The van der Waals surface area contributed by atoms with Crippen molar-refractivity contribution in [2.75, 3.05) is 0 Å². The fourth-order valence-electron chi connectivity index (χ4n) is 1.43. The van der Waals surface area contributed by atoms with E-state index in [2.05, 4.69) is 43.5 Å². The standard InChI is InChI=1S/C7H8S2/c8-6-3-5-1-2-7(6,9)4-5/h1-3,5,8-9H,4H2. The molecular weight excluding hydrogens is 148 g/mol. The van der Waals surface area contributed by atoms with Crippen molar-refractivity contribution in [3.63, 3.8) is 0 Å².